The van der Waals surface area contributed by atoms with Gasteiger partial charge in [-0.2, -0.15) is 18.3 Å². The van der Waals surface area contributed by atoms with Crippen LogP contribution in [0.3, 0.4) is 0 Å². The summed E-state index contributed by atoms with van der Waals surface area (Å²) in [5.41, 5.74) is 1.67. The Morgan fingerprint density at radius 2 is 1.67 bits per heavy atom. The quantitative estimate of drug-likeness (QED) is 0.345. The third kappa shape index (κ3) is 6.42. The highest BCUT2D eigenvalue weighted by Crippen LogP contribution is 2.29. The van der Waals surface area contributed by atoms with Crippen LogP contribution >= 0.6 is 15.9 Å². The van der Waals surface area contributed by atoms with Gasteiger partial charge in [-0.25, -0.2) is 13.8 Å². The number of carbonyl (C=O) groups excluding carboxylic acids is 1. The fourth-order valence-electron chi connectivity index (χ4n) is 2.78. The number of amides is 1. The van der Waals surface area contributed by atoms with Gasteiger partial charge in [0.15, 0.2) is 0 Å². The van der Waals surface area contributed by atoms with Crippen LogP contribution < -0.4 is 9.73 Å². The van der Waals surface area contributed by atoms with Gasteiger partial charge in [0.25, 0.3) is 15.9 Å². The van der Waals surface area contributed by atoms with E-state index in [1.54, 1.807) is 30.3 Å². The lowest BCUT2D eigenvalue weighted by Gasteiger charge is -2.23. The first-order valence-corrected chi connectivity index (χ1v) is 11.6. The van der Waals surface area contributed by atoms with Crippen molar-refractivity contribution in [1.29, 1.82) is 0 Å². The molecule has 0 saturated heterocycles. The largest absolute Gasteiger partial charge is 0.416 e. The lowest BCUT2D eigenvalue weighted by molar-refractivity contribution is -0.137. The molecule has 0 aromatic heterocycles. The molecule has 0 unspecified atom stereocenters. The number of alkyl halides is 3. The third-order valence-electron chi connectivity index (χ3n) is 4.35. The predicted octanol–water partition coefficient (Wildman–Crippen LogP) is 4.81. The molecule has 6 nitrogen and oxygen atoms in total. The number of carbonyl (C=O) groups is 1. The van der Waals surface area contributed by atoms with Crippen LogP contribution in [0.4, 0.5) is 18.9 Å². The van der Waals surface area contributed by atoms with E-state index in [2.05, 4.69) is 26.5 Å². The number of benzene rings is 3. The maximum Gasteiger partial charge on any atom is 0.416 e. The molecule has 172 valence electrons. The van der Waals surface area contributed by atoms with Gasteiger partial charge in [-0.05, 0) is 54.1 Å². The molecule has 0 radical (unpaired) electrons. The minimum absolute atomic E-state index is 0.00631. The van der Waals surface area contributed by atoms with Crippen molar-refractivity contribution in [1.82, 2.24) is 5.43 Å². The average Bonchev–Trinajstić information content (AvgIpc) is 2.78. The summed E-state index contributed by atoms with van der Waals surface area (Å²) >= 11 is 3.28. The van der Waals surface area contributed by atoms with Gasteiger partial charge in [0.1, 0.15) is 6.54 Å². The molecule has 1 amide bonds. The topological polar surface area (TPSA) is 78.8 Å². The lowest BCUT2D eigenvalue weighted by Crippen LogP contribution is -2.39. The van der Waals surface area contributed by atoms with Crippen LogP contribution in [0.5, 0.6) is 0 Å². The normalized spacial score (nSPS) is 12.0. The van der Waals surface area contributed by atoms with Crippen LogP contribution in [0, 0.1) is 0 Å². The molecule has 3 aromatic rings. The Morgan fingerprint density at radius 3 is 2.30 bits per heavy atom. The first kappa shape index (κ1) is 24.5. The van der Waals surface area contributed by atoms with Crippen molar-refractivity contribution in [2.75, 3.05) is 10.8 Å². The van der Waals surface area contributed by atoms with Crippen molar-refractivity contribution in [2.24, 2.45) is 5.10 Å². The van der Waals surface area contributed by atoms with Gasteiger partial charge in [-0.3, -0.25) is 9.10 Å². The summed E-state index contributed by atoms with van der Waals surface area (Å²) in [6.45, 7) is -0.598. The zero-order valence-electron chi connectivity index (χ0n) is 16.8. The molecule has 11 heteroatoms. The number of sulfonamides is 1. The van der Waals surface area contributed by atoms with Crippen LogP contribution in [0.2, 0.25) is 0 Å². The van der Waals surface area contributed by atoms with E-state index >= 15 is 0 Å². The average molecular weight is 540 g/mol. The van der Waals surface area contributed by atoms with E-state index in [0.29, 0.717) is 0 Å². The van der Waals surface area contributed by atoms with Gasteiger partial charge in [0.05, 0.1) is 22.4 Å². The zero-order valence-corrected chi connectivity index (χ0v) is 19.2. The standard InChI is InChI=1S/C22H17BrF3N3O3S/c23-18-9-11-19(12-10-18)29(33(31,32)20-7-2-1-3-8-20)15-21(30)28-27-14-16-5-4-6-17(13-16)22(24,25)26/h1-14H,15H2,(H,28,30). The van der Waals surface area contributed by atoms with Crippen LogP contribution in [0.15, 0.2) is 93.3 Å². The minimum Gasteiger partial charge on any atom is -0.271 e. The molecule has 0 atom stereocenters. The predicted molar refractivity (Wildman–Crippen MR) is 122 cm³/mol. The molecule has 3 rings (SSSR count). The molecular formula is C22H17BrF3N3O3S. The van der Waals surface area contributed by atoms with Gasteiger partial charge in [0, 0.05) is 4.47 Å². The van der Waals surface area contributed by atoms with Gasteiger partial charge < -0.3 is 0 Å². The van der Waals surface area contributed by atoms with Gasteiger partial charge in [-0.15, -0.1) is 0 Å². The molecule has 0 aliphatic heterocycles. The van der Waals surface area contributed by atoms with E-state index in [9.17, 15) is 26.4 Å². The minimum atomic E-state index is -4.51. The highest BCUT2D eigenvalue weighted by molar-refractivity contribution is 9.10. The summed E-state index contributed by atoms with van der Waals surface area (Å²) in [5, 5.41) is 3.66. The maximum absolute atomic E-state index is 13.2. The van der Waals surface area contributed by atoms with E-state index in [1.807, 2.05) is 0 Å². The molecular weight excluding hydrogens is 523 g/mol. The molecule has 0 heterocycles. The highest BCUT2D eigenvalue weighted by Gasteiger charge is 2.30. The summed E-state index contributed by atoms with van der Waals surface area (Å²) in [6, 6.07) is 18.3. The third-order valence-corrected chi connectivity index (χ3v) is 6.67. The van der Waals surface area contributed by atoms with Crippen molar-refractivity contribution < 1.29 is 26.4 Å². The number of anilines is 1. The summed E-state index contributed by atoms with van der Waals surface area (Å²) in [4.78, 5) is 12.5. The first-order valence-electron chi connectivity index (χ1n) is 9.40. The zero-order chi connectivity index (χ0) is 24.1. The van der Waals surface area contributed by atoms with E-state index in [4.69, 9.17) is 0 Å². The molecule has 0 aliphatic carbocycles. The Kier molecular flexibility index (Phi) is 7.54. The number of hydrogen-bond acceptors (Lipinski definition) is 4. The maximum atomic E-state index is 13.2. The van der Waals surface area contributed by atoms with Crippen molar-refractivity contribution >= 4 is 43.8 Å². The van der Waals surface area contributed by atoms with Crippen molar-refractivity contribution in [2.45, 2.75) is 11.1 Å². The summed E-state index contributed by atoms with van der Waals surface area (Å²) in [6.07, 6.45) is -3.47. The monoisotopic (exact) mass is 539 g/mol. The fourth-order valence-corrected chi connectivity index (χ4v) is 4.49. The Hall–Kier alpha value is -3.18. The molecule has 0 aliphatic rings. The second-order valence-electron chi connectivity index (χ2n) is 6.72. The number of rotatable bonds is 7. The van der Waals surface area contributed by atoms with E-state index in [0.717, 1.165) is 27.1 Å². The molecule has 0 fully saturated rings. The van der Waals surface area contributed by atoms with Gasteiger partial charge in [-0.1, -0.05) is 46.3 Å². The Bertz CT molecular complexity index is 1250. The SMILES string of the molecule is O=C(CN(c1ccc(Br)cc1)S(=O)(=O)c1ccccc1)NN=Cc1cccc(C(F)(F)F)c1. The molecule has 0 spiro atoms. The number of nitrogens with one attached hydrogen (secondary N) is 1. The van der Waals surface area contributed by atoms with E-state index in [1.165, 1.54) is 36.4 Å². The van der Waals surface area contributed by atoms with Gasteiger partial charge >= 0.3 is 6.18 Å². The smallest absolute Gasteiger partial charge is 0.271 e. The number of halogens is 4. The summed E-state index contributed by atoms with van der Waals surface area (Å²) < 4.78 is 66.4. The van der Waals surface area contributed by atoms with Crippen molar-refractivity contribution in [3.8, 4) is 0 Å². The van der Waals surface area contributed by atoms with E-state index in [-0.39, 0.29) is 16.1 Å². The number of nitrogens with zero attached hydrogens (tertiary/aromatic N) is 2. The molecule has 0 bridgehead atoms. The second kappa shape index (κ2) is 10.2. The Labute approximate surface area is 196 Å². The van der Waals surface area contributed by atoms with Crippen LogP contribution in [-0.4, -0.2) is 27.1 Å². The van der Waals surface area contributed by atoms with Crippen molar-refractivity contribution in [3.63, 3.8) is 0 Å². The summed E-state index contributed by atoms with van der Waals surface area (Å²) in [7, 11) is -4.08. The molecule has 33 heavy (non-hydrogen) atoms. The van der Waals surface area contributed by atoms with Crippen LogP contribution in [0.25, 0.3) is 0 Å². The summed E-state index contributed by atoms with van der Waals surface area (Å²) in [5.74, 6) is -0.777. The highest BCUT2D eigenvalue weighted by atomic mass is 79.9. The second-order valence-corrected chi connectivity index (χ2v) is 9.50. The number of hydrogen-bond donors (Lipinski definition) is 1. The fraction of sp³-hybridized carbons (Fsp3) is 0.0909. The lowest BCUT2D eigenvalue weighted by atomic mass is 10.1. The molecule has 3 aromatic carbocycles. The molecule has 1 N–H and O–H groups in total. The van der Waals surface area contributed by atoms with Gasteiger partial charge in [0.2, 0.25) is 0 Å². The van der Waals surface area contributed by atoms with Crippen molar-refractivity contribution in [3.05, 3.63) is 94.5 Å². The Morgan fingerprint density at radius 1 is 1.00 bits per heavy atom. The van der Waals surface area contributed by atoms with Crippen LogP contribution in [-0.2, 0) is 21.0 Å². The van der Waals surface area contributed by atoms with Crippen LogP contribution in [0.1, 0.15) is 11.1 Å². The van der Waals surface area contributed by atoms with E-state index < -0.39 is 34.2 Å². The number of hydrazone groups is 1. The Balaban J connectivity index is 1.80. The molecule has 0 saturated carbocycles. The first-order chi connectivity index (χ1) is 15.6.